The fourth-order valence-electron chi connectivity index (χ4n) is 3.22. The summed E-state index contributed by atoms with van der Waals surface area (Å²) in [7, 11) is -2.51. The van der Waals surface area contributed by atoms with Crippen LogP contribution in [0.1, 0.15) is 30.0 Å². The van der Waals surface area contributed by atoms with Crippen molar-refractivity contribution in [3.05, 3.63) is 65.5 Å². The summed E-state index contributed by atoms with van der Waals surface area (Å²) in [5.41, 5.74) is 2.31. The highest BCUT2D eigenvalue weighted by Gasteiger charge is 2.26. The van der Waals surface area contributed by atoms with E-state index in [-0.39, 0.29) is 23.4 Å². The maximum Gasteiger partial charge on any atom is 0.243 e. The standard InChI is InChI=1S/C19H21FN2O3S/c1-22(26(24,25)16-11-9-15(20)10-12-16)13-19(23)21-18-8-4-6-14-5-2-3-7-17(14)18/h2-3,5,7,9-12,18H,4,6,8,13H2,1H3,(H,21,23)/t18-/m1/s1. The van der Waals surface area contributed by atoms with Crippen molar-refractivity contribution in [3.63, 3.8) is 0 Å². The molecular weight excluding hydrogens is 355 g/mol. The summed E-state index contributed by atoms with van der Waals surface area (Å²) in [4.78, 5) is 12.3. The Kier molecular flexibility index (Phi) is 5.38. The Morgan fingerprint density at radius 1 is 1.19 bits per heavy atom. The second kappa shape index (κ2) is 7.55. The van der Waals surface area contributed by atoms with Gasteiger partial charge >= 0.3 is 0 Å². The second-order valence-electron chi connectivity index (χ2n) is 6.43. The van der Waals surface area contributed by atoms with Gasteiger partial charge in [0, 0.05) is 7.05 Å². The molecule has 7 heteroatoms. The number of hydrogen-bond acceptors (Lipinski definition) is 3. The van der Waals surface area contributed by atoms with E-state index in [1.165, 1.54) is 24.7 Å². The lowest BCUT2D eigenvalue weighted by atomic mass is 9.88. The molecule has 2 aromatic carbocycles. The summed E-state index contributed by atoms with van der Waals surface area (Å²) < 4.78 is 39.0. The summed E-state index contributed by atoms with van der Waals surface area (Å²) >= 11 is 0. The van der Waals surface area contributed by atoms with Gasteiger partial charge in [-0.25, -0.2) is 12.8 Å². The minimum absolute atomic E-state index is 0.0442. The van der Waals surface area contributed by atoms with Gasteiger partial charge in [-0.05, 0) is 54.7 Å². The van der Waals surface area contributed by atoms with Gasteiger partial charge in [-0.1, -0.05) is 24.3 Å². The number of carbonyl (C=O) groups excluding carboxylic acids is 1. The van der Waals surface area contributed by atoms with E-state index in [1.54, 1.807) is 0 Å². The van der Waals surface area contributed by atoms with Crippen molar-refractivity contribution in [1.82, 2.24) is 9.62 Å². The van der Waals surface area contributed by atoms with E-state index in [2.05, 4.69) is 11.4 Å². The largest absolute Gasteiger partial charge is 0.348 e. The number of benzene rings is 2. The molecule has 2 aromatic rings. The number of nitrogens with zero attached hydrogens (tertiary/aromatic N) is 1. The predicted molar refractivity (Wildman–Crippen MR) is 96.5 cm³/mol. The molecule has 0 bridgehead atoms. The molecule has 138 valence electrons. The molecule has 0 saturated heterocycles. The smallest absolute Gasteiger partial charge is 0.243 e. The van der Waals surface area contributed by atoms with Crippen molar-refractivity contribution in [2.45, 2.75) is 30.2 Å². The number of hydrogen-bond donors (Lipinski definition) is 1. The minimum atomic E-state index is -3.85. The average molecular weight is 376 g/mol. The average Bonchev–Trinajstić information content (AvgIpc) is 2.62. The molecule has 1 aliphatic rings. The van der Waals surface area contributed by atoms with Gasteiger partial charge in [-0.3, -0.25) is 4.79 Å². The van der Waals surface area contributed by atoms with Gasteiger partial charge in [0.25, 0.3) is 0 Å². The summed E-state index contributed by atoms with van der Waals surface area (Å²) in [5, 5.41) is 2.93. The number of sulfonamides is 1. The van der Waals surface area contributed by atoms with Crippen molar-refractivity contribution in [3.8, 4) is 0 Å². The highest BCUT2D eigenvalue weighted by Crippen LogP contribution is 2.29. The lowest BCUT2D eigenvalue weighted by Gasteiger charge is -2.27. The zero-order chi connectivity index (χ0) is 18.7. The first-order valence-electron chi connectivity index (χ1n) is 8.47. The lowest BCUT2D eigenvalue weighted by Crippen LogP contribution is -2.40. The molecule has 0 aliphatic heterocycles. The van der Waals surface area contributed by atoms with E-state index in [1.807, 2.05) is 18.2 Å². The van der Waals surface area contributed by atoms with Crippen LogP contribution >= 0.6 is 0 Å². The number of carbonyl (C=O) groups is 1. The summed E-state index contributed by atoms with van der Waals surface area (Å²) in [6.45, 7) is -0.293. The van der Waals surface area contributed by atoms with Crippen molar-refractivity contribution in [2.75, 3.05) is 13.6 Å². The third-order valence-corrected chi connectivity index (χ3v) is 6.41. The number of likely N-dealkylation sites (N-methyl/N-ethyl adjacent to an activating group) is 1. The van der Waals surface area contributed by atoms with E-state index in [9.17, 15) is 17.6 Å². The van der Waals surface area contributed by atoms with Crippen LogP contribution < -0.4 is 5.32 Å². The van der Waals surface area contributed by atoms with Crippen LogP contribution in [0, 0.1) is 5.82 Å². The number of nitrogens with one attached hydrogen (secondary N) is 1. The zero-order valence-electron chi connectivity index (χ0n) is 14.5. The fourth-order valence-corrected chi connectivity index (χ4v) is 4.34. The monoisotopic (exact) mass is 376 g/mol. The minimum Gasteiger partial charge on any atom is -0.348 e. The van der Waals surface area contributed by atoms with Crippen molar-refractivity contribution in [2.24, 2.45) is 0 Å². The first kappa shape index (κ1) is 18.5. The molecule has 1 aliphatic carbocycles. The van der Waals surface area contributed by atoms with E-state index < -0.39 is 15.8 Å². The number of amides is 1. The Morgan fingerprint density at radius 3 is 2.62 bits per heavy atom. The van der Waals surface area contributed by atoms with Crippen LogP contribution in [-0.4, -0.2) is 32.2 Å². The molecule has 1 atom stereocenters. The predicted octanol–water partition coefficient (Wildman–Crippen LogP) is 2.64. The SMILES string of the molecule is CN(CC(=O)N[C@@H]1CCCc2ccccc21)S(=O)(=O)c1ccc(F)cc1. The first-order chi connectivity index (χ1) is 12.4. The lowest BCUT2D eigenvalue weighted by molar-refractivity contribution is -0.122. The van der Waals surface area contributed by atoms with Crippen LogP contribution in [-0.2, 0) is 21.2 Å². The Hall–Kier alpha value is -2.25. The van der Waals surface area contributed by atoms with Gasteiger partial charge in [0.15, 0.2) is 0 Å². The van der Waals surface area contributed by atoms with Gasteiger partial charge in [0.2, 0.25) is 15.9 Å². The molecule has 1 amide bonds. The first-order valence-corrected chi connectivity index (χ1v) is 9.91. The van der Waals surface area contributed by atoms with Gasteiger partial charge < -0.3 is 5.32 Å². The molecule has 0 saturated carbocycles. The molecule has 0 radical (unpaired) electrons. The molecule has 26 heavy (non-hydrogen) atoms. The van der Waals surface area contributed by atoms with Gasteiger partial charge in [-0.15, -0.1) is 0 Å². The van der Waals surface area contributed by atoms with Gasteiger partial charge in [-0.2, -0.15) is 4.31 Å². The molecular formula is C19H21FN2O3S. The van der Waals surface area contributed by atoms with Crippen LogP contribution in [0.2, 0.25) is 0 Å². The molecule has 0 spiro atoms. The third kappa shape index (κ3) is 3.94. The Labute approximate surface area is 152 Å². The Morgan fingerprint density at radius 2 is 1.88 bits per heavy atom. The van der Waals surface area contributed by atoms with Crippen molar-refractivity contribution in [1.29, 1.82) is 0 Å². The molecule has 1 N–H and O–H groups in total. The summed E-state index contributed by atoms with van der Waals surface area (Å²) in [5.74, 6) is -0.875. The highest BCUT2D eigenvalue weighted by atomic mass is 32.2. The molecule has 0 heterocycles. The van der Waals surface area contributed by atoms with Gasteiger partial charge in [0.05, 0.1) is 17.5 Å². The highest BCUT2D eigenvalue weighted by molar-refractivity contribution is 7.89. The molecule has 0 aromatic heterocycles. The topological polar surface area (TPSA) is 66.5 Å². The van der Waals surface area contributed by atoms with E-state index >= 15 is 0 Å². The normalized spacial score (nSPS) is 17.0. The number of halogens is 1. The molecule has 0 fully saturated rings. The van der Waals surface area contributed by atoms with Gasteiger partial charge in [0.1, 0.15) is 5.82 Å². The quantitative estimate of drug-likeness (QED) is 0.872. The van der Waals surface area contributed by atoms with Crippen LogP contribution in [0.15, 0.2) is 53.4 Å². The van der Waals surface area contributed by atoms with Crippen molar-refractivity contribution >= 4 is 15.9 Å². The molecule has 5 nitrogen and oxygen atoms in total. The fraction of sp³-hybridized carbons (Fsp3) is 0.316. The van der Waals surface area contributed by atoms with E-state index in [0.29, 0.717) is 0 Å². The maximum atomic E-state index is 13.0. The van der Waals surface area contributed by atoms with Crippen LogP contribution in [0.4, 0.5) is 4.39 Å². The Bertz CT molecular complexity index is 897. The number of aryl methyl sites for hydroxylation is 1. The number of fused-ring (bicyclic) bond motifs is 1. The number of rotatable bonds is 5. The maximum absolute atomic E-state index is 13.0. The van der Waals surface area contributed by atoms with E-state index in [4.69, 9.17) is 0 Å². The van der Waals surface area contributed by atoms with Crippen molar-refractivity contribution < 1.29 is 17.6 Å². The molecule has 0 unspecified atom stereocenters. The molecule has 3 rings (SSSR count). The summed E-state index contributed by atoms with van der Waals surface area (Å²) in [6, 6.07) is 12.4. The van der Waals surface area contributed by atoms with Crippen LogP contribution in [0.5, 0.6) is 0 Å². The Balaban J connectivity index is 1.67. The summed E-state index contributed by atoms with van der Waals surface area (Å²) in [6.07, 6.45) is 2.80. The zero-order valence-corrected chi connectivity index (χ0v) is 15.3. The second-order valence-corrected chi connectivity index (χ2v) is 8.47. The van der Waals surface area contributed by atoms with Crippen LogP contribution in [0.3, 0.4) is 0 Å². The van der Waals surface area contributed by atoms with E-state index in [0.717, 1.165) is 41.3 Å². The third-order valence-electron chi connectivity index (χ3n) is 4.59. The van der Waals surface area contributed by atoms with Crippen LogP contribution in [0.25, 0.3) is 0 Å².